The van der Waals surface area contributed by atoms with Gasteiger partial charge in [0, 0.05) is 20.2 Å². The molecule has 0 spiro atoms. The molecule has 0 aliphatic rings. The second-order valence-electron chi connectivity index (χ2n) is 5.23. The third kappa shape index (κ3) is 3.18. The maximum absolute atomic E-state index is 11.9. The van der Waals surface area contributed by atoms with Gasteiger partial charge in [-0.25, -0.2) is 4.98 Å². The second-order valence-corrected chi connectivity index (χ2v) is 6.14. The Labute approximate surface area is 138 Å². The summed E-state index contributed by atoms with van der Waals surface area (Å²) in [7, 11) is 3.29. The first kappa shape index (κ1) is 15.5. The number of hydrogen-bond donors (Lipinski definition) is 1. The zero-order chi connectivity index (χ0) is 16.4. The SMILES string of the molecule is COCc1cccc(-c2csc(-c3cc(=O)n(C)c(N)n3)c2)c1. The summed E-state index contributed by atoms with van der Waals surface area (Å²) in [4.78, 5) is 17.1. The van der Waals surface area contributed by atoms with Gasteiger partial charge in [0.05, 0.1) is 17.2 Å². The van der Waals surface area contributed by atoms with Gasteiger partial charge in [-0.3, -0.25) is 9.36 Å². The Morgan fingerprint density at radius 3 is 2.83 bits per heavy atom. The van der Waals surface area contributed by atoms with Gasteiger partial charge in [0.25, 0.3) is 5.56 Å². The molecular formula is C17H17N3O2S. The number of methoxy groups -OCH3 is 1. The van der Waals surface area contributed by atoms with Crippen molar-refractivity contribution >= 4 is 17.3 Å². The molecule has 0 fully saturated rings. The van der Waals surface area contributed by atoms with Gasteiger partial charge in [0.15, 0.2) is 0 Å². The fourth-order valence-corrected chi connectivity index (χ4v) is 3.19. The van der Waals surface area contributed by atoms with Crippen molar-refractivity contribution in [3.8, 4) is 21.7 Å². The number of thiophene rings is 1. The first-order valence-corrected chi connectivity index (χ1v) is 7.97. The van der Waals surface area contributed by atoms with Crippen LogP contribution < -0.4 is 11.3 Å². The lowest BCUT2D eigenvalue weighted by atomic mass is 10.1. The van der Waals surface area contributed by atoms with Crippen molar-refractivity contribution in [3.05, 3.63) is 57.7 Å². The van der Waals surface area contributed by atoms with Crippen LogP contribution in [0, 0.1) is 0 Å². The number of nitrogen functional groups attached to an aromatic ring is 1. The van der Waals surface area contributed by atoms with Crippen LogP contribution in [-0.4, -0.2) is 16.7 Å². The first-order chi connectivity index (χ1) is 11.1. The van der Waals surface area contributed by atoms with Crippen LogP contribution in [0.25, 0.3) is 21.7 Å². The molecule has 2 heterocycles. The predicted molar refractivity (Wildman–Crippen MR) is 93.4 cm³/mol. The van der Waals surface area contributed by atoms with E-state index in [1.54, 1.807) is 25.5 Å². The van der Waals surface area contributed by atoms with Crippen molar-refractivity contribution in [1.82, 2.24) is 9.55 Å². The standard InChI is InChI=1S/C17H17N3O2S/c1-20-16(21)8-14(19-17(20)18)15-7-13(10-23-15)12-5-3-4-11(6-12)9-22-2/h3-8,10H,9H2,1-2H3,(H2,18,19). The van der Waals surface area contributed by atoms with Gasteiger partial charge >= 0.3 is 0 Å². The summed E-state index contributed by atoms with van der Waals surface area (Å²) < 4.78 is 6.50. The van der Waals surface area contributed by atoms with Crippen molar-refractivity contribution < 1.29 is 4.74 Å². The molecule has 6 heteroatoms. The van der Waals surface area contributed by atoms with Crippen molar-refractivity contribution in [1.29, 1.82) is 0 Å². The van der Waals surface area contributed by atoms with E-state index in [1.165, 1.54) is 10.6 Å². The van der Waals surface area contributed by atoms with Crippen LogP contribution in [0.4, 0.5) is 5.95 Å². The van der Waals surface area contributed by atoms with Crippen LogP contribution in [0.2, 0.25) is 0 Å². The molecule has 0 aliphatic heterocycles. The van der Waals surface area contributed by atoms with Gasteiger partial charge < -0.3 is 10.5 Å². The van der Waals surface area contributed by atoms with Gasteiger partial charge in [-0.05, 0) is 34.2 Å². The van der Waals surface area contributed by atoms with E-state index in [2.05, 4.69) is 22.5 Å². The smallest absolute Gasteiger partial charge is 0.255 e. The summed E-state index contributed by atoms with van der Waals surface area (Å²) >= 11 is 1.54. The minimum absolute atomic E-state index is 0.162. The molecule has 1 aromatic carbocycles. The summed E-state index contributed by atoms with van der Waals surface area (Å²) in [6, 6.07) is 11.7. The summed E-state index contributed by atoms with van der Waals surface area (Å²) in [6.07, 6.45) is 0. The molecule has 5 nitrogen and oxygen atoms in total. The Balaban J connectivity index is 1.98. The van der Waals surface area contributed by atoms with Crippen molar-refractivity contribution in [2.75, 3.05) is 12.8 Å². The predicted octanol–water partition coefficient (Wildman–Crippen LogP) is 2.90. The zero-order valence-electron chi connectivity index (χ0n) is 12.9. The maximum Gasteiger partial charge on any atom is 0.255 e. The molecule has 0 saturated heterocycles. The molecule has 0 atom stereocenters. The topological polar surface area (TPSA) is 70.1 Å². The quantitative estimate of drug-likeness (QED) is 0.800. The summed E-state index contributed by atoms with van der Waals surface area (Å²) in [5.74, 6) is 0.213. The molecule has 118 valence electrons. The molecule has 2 N–H and O–H groups in total. The highest BCUT2D eigenvalue weighted by Gasteiger charge is 2.09. The zero-order valence-corrected chi connectivity index (χ0v) is 13.8. The third-order valence-corrected chi connectivity index (χ3v) is 4.55. The van der Waals surface area contributed by atoms with Crippen molar-refractivity contribution in [2.24, 2.45) is 7.05 Å². The Kier molecular flexibility index (Phi) is 4.27. The van der Waals surface area contributed by atoms with E-state index in [4.69, 9.17) is 10.5 Å². The summed E-state index contributed by atoms with van der Waals surface area (Å²) in [5.41, 5.74) is 9.53. The average molecular weight is 327 g/mol. The van der Waals surface area contributed by atoms with Crippen LogP contribution in [0.3, 0.4) is 0 Å². The van der Waals surface area contributed by atoms with E-state index in [9.17, 15) is 4.79 Å². The van der Waals surface area contributed by atoms with Gasteiger partial charge in [-0.1, -0.05) is 18.2 Å². The minimum atomic E-state index is -0.162. The Morgan fingerprint density at radius 1 is 1.26 bits per heavy atom. The summed E-state index contributed by atoms with van der Waals surface area (Å²) in [5, 5.41) is 2.05. The van der Waals surface area contributed by atoms with Crippen LogP contribution in [-0.2, 0) is 18.4 Å². The van der Waals surface area contributed by atoms with E-state index in [-0.39, 0.29) is 11.5 Å². The highest BCUT2D eigenvalue weighted by atomic mass is 32.1. The third-order valence-electron chi connectivity index (χ3n) is 3.59. The number of benzene rings is 1. The highest BCUT2D eigenvalue weighted by Crippen LogP contribution is 2.31. The number of nitrogens with two attached hydrogens (primary N) is 1. The molecule has 0 bridgehead atoms. The number of rotatable bonds is 4. The van der Waals surface area contributed by atoms with Crippen LogP contribution in [0.1, 0.15) is 5.56 Å². The number of ether oxygens (including phenoxy) is 1. The largest absolute Gasteiger partial charge is 0.380 e. The number of nitrogens with zero attached hydrogens (tertiary/aromatic N) is 2. The first-order valence-electron chi connectivity index (χ1n) is 7.09. The lowest BCUT2D eigenvalue weighted by Gasteiger charge is -2.04. The number of hydrogen-bond acceptors (Lipinski definition) is 5. The highest BCUT2D eigenvalue weighted by molar-refractivity contribution is 7.14. The van der Waals surface area contributed by atoms with E-state index in [0.717, 1.165) is 21.6 Å². The van der Waals surface area contributed by atoms with Crippen LogP contribution in [0.5, 0.6) is 0 Å². The molecule has 3 aromatic rings. The lowest BCUT2D eigenvalue weighted by molar-refractivity contribution is 0.185. The fraction of sp³-hybridized carbons (Fsp3) is 0.176. The van der Waals surface area contributed by atoms with E-state index < -0.39 is 0 Å². The van der Waals surface area contributed by atoms with E-state index in [1.807, 2.05) is 18.2 Å². The molecule has 23 heavy (non-hydrogen) atoms. The van der Waals surface area contributed by atoms with Crippen LogP contribution in [0.15, 0.2) is 46.6 Å². The molecule has 3 rings (SSSR count). The molecule has 0 radical (unpaired) electrons. The second kappa shape index (κ2) is 6.36. The summed E-state index contributed by atoms with van der Waals surface area (Å²) in [6.45, 7) is 0.581. The molecule has 0 saturated carbocycles. The van der Waals surface area contributed by atoms with E-state index >= 15 is 0 Å². The normalized spacial score (nSPS) is 10.9. The van der Waals surface area contributed by atoms with E-state index in [0.29, 0.717) is 12.3 Å². The van der Waals surface area contributed by atoms with Gasteiger partial charge in [-0.15, -0.1) is 11.3 Å². The van der Waals surface area contributed by atoms with Gasteiger partial charge in [0.2, 0.25) is 5.95 Å². The number of anilines is 1. The lowest BCUT2D eigenvalue weighted by Crippen LogP contribution is -2.20. The molecule has 0 aliphatic carbocycles. The average Bonchev–Trinajstić information content (AvgIpc) is 3.03. The van der Waals surface area contributed by atoms with Crippen molar-refractivity contribution in [2.45, 2.75) is 6.61 Å². The van der Waals surface area contributed by atoms with Crippen molar-refractivity contribution in [3.63, 3.8) is 0 Å². The maximum atomic E-state index is 11.9. The Morgan fingerprint density at radius 2 is 2.09 bits per heavy atom. The Hall–Kier alpha value is -2.44. The van der Waals surface area contributed by atoms with Gasteiger partial charge in [-0.2, -0.15) is 0 Å². The molecule has 2 aromatic heterocycles. The Bertz CT molecular complexity index is 899. The molecular weight excluding hydrogens is 310 g/mol. The molecule has 0 amide bonds. The van der Waals surface area contributed by atoms with Crippen LogP contribution >= 0.6 is 11.3 Å². The minimum Gasteiger partial charge on any atom is -0.380 e. The number of aromatic nitrogens is 2. The monoisotopic (exact) mass is 327 g/mol. The fourth-order valence-electron chi connectivity index (χ4n) is 2.31. The molecule has 0 unspecified atom stereocenters. The van der Waals surface area contributed by atoms with Gasteiger partial charge in [0.1, 0.15) is 0 Å².